The number of carbonyl (C=O) groups is 1. The maximum absolute atomic E-state index is 9.59. The molecular weight excluding hydrogens is 295 g/mol. The van der Waals surface area contributed by atoms with Crippen LogP contribution in [0.25, 0.3) is 0 Å². The molecule has 1 aromatic rings. The lowest BCUT2D eigenvalue weighted by Crippen LogP contribution is -2.41. The third-order valence-corrected chi connectivity index (χ3v) is 4.53. The molecule has 0 saturated carbocycles. The summed E-state index contributed by atoms with van der Waals surface area (Å²) < 4.78 is 21.8. The first-order valence-electron chi connectivity index (χ1n) is 7.82. The summed E-state index contributed by atoms with van der Waals surface area (Å²) in [7, 11) is 1.05. The molecule has 0 N–H and O–H groups in total. The molecule has 1 saturated heterocycles. The smallest absolute Gasteiger partial charge is 0.493 e. The van der Waals surface area contributed by atoms with Crippen LogP contribution >= 0.6 is 0 Å². The van der Waals surface area contributed by atoms with Crippen LogP contribution in [0.4, 0.5) is 0 Å². The summed E-state index contributed by atoms with van der Waals surface area (Å²) in [5.41, 5.74) is 1.72. The van der Waals surface area contributed by atoms with Crippen molar-refractivity contribution in [3.05, 3.63) is 23.8 Å². The summed E-state index contributed by atoms with van der Waals surface area (Å²) >= 11 is 0. The molecule has 126 valence electrons. The molecular formula is C17H25BO5. The largest absolute Gasteiger partial charge is 0.494 e. The molecule has 0 spiro atoms. The molecule has 1 aromatic carbocycles. The average Bonchev–Trinajstić information content (AvgIpc) is 3.01. The Kier molecular flexibility index (Phi) is 5.06. The fraction of sp³-hybridized carbons (Fsp3) is 0.588. The Bertz CT molecular complexity index is 566. The number of hydrogen-bond acceptors (Lipinski definition) is 5. The molecule has 0 unspecified atom stereocenters. The highest BCUT2D eigenvalue weighted by molar-refractivity contribution is 6.62. The van der Waals surface area contributed by atoms with Gasteiger partial charge in [0.2, 0.25) is 0 Å². The first-order valence-corrected chi connectivity index (χ1v) is 7.82. The van der Waals surface area contributed by atoms with Crippen LogP contribution in [-0.4, -0.2) is 38.0 Å². The van der Waals surface area contributed by atoms with Gasteiger partial charge in [0.15, 0.2) is 0 Å². The summed E-state index contributed by atoms with van der Waals surface area (Å²) in [6.07, 6.45) is 0.999. The van der Waals surface area contributed by atoms with Gasteiger partial charge in [-0.15, -0.1) is 0 Å². The molecule has 2 aliphatic heterocycles. The third kappa shape index (κ3) is 3.87. The molecule has 5 nitrogen and oxygen atoms in total. The van der Waals surface area contributed by atoms with Gasteiger partial charge in [0, 0.05) is 13.3 Å². The van der Waals surface area contributed by atoms with Gasteiger partial charge in [0.25, 0.3) is 0 Å². The van der Waals surface area contributed by atoms with Gasteiger partial charge in [-0.3, -0.25) is 4.79 Å². The van der Waals surface area contributed by atoms with Gasteiger partial charge in [-0.05, 0) is 44.8 Å². The normalized spacial score (nSPS) is 20.2. The minimum Gasteiger partial charge on any atom is -0.493 e. The van der Waals surface area contributed by atoms with Crippen LogP contribution in [0.1, 0.15) is 40.2 Å². The van der Waals surface area contributed by atoms with Gasteiger partial charge in [-0.25, -0.2) is 0 Å². The van der Waals surface area contributed by atoms with Crippen molar-refractivity contribution in [3.8, 4) is 5.75 Å². The van der Waals surface area contributed by atoms with Crippen molar-refractivity contribution in [2.45, 2.75) is 52.2 Å². The zero-order chi connectivity index (χ0) is 17.3. The van der Waals surface area contributed by atoms with Gasteiger partial charge < -0.3 is 18.8 Å². The van der Waals surface area contributed by atoms with E-state index in [0.717, 1.165) is 24.2 Å². The predicted molar refractivity (Wildman–Crippen MR) is 89.0 cm³/mol. The van der Waals surface area contributed by atoms with Gasteiger partial charge in [-0.2, -0.15) is 0 Å². The summed E-state index contributed by atoms with van der Waals surface area (Å²) in [4.78, 5) is 9.59. The molecule has 3 rings (SSSR count). The van der Waals surface area contributed by atoms with Crippen LogP contribution in [0.2, 0.25) is 0 Å². The van der Waals surface area contributed by atoms with Crippen molar-refractivity contribution in [1.82, 2.24) is 0 Å². The van der Waals surface area contributed by atoms with Crippen LogP contribution in [0, 0.1) is 0 Å². The van der Waals surface area contributed by atoms with Crippen LogP contribution in [0.5, 0.6) is 5.75 Å². The van der Waals surface area contributed by atoms with Gasteiger partial charge >= 0.3 is 13.1 Å². The van der Waals surface area contributed by atoms with Gasteiger partial charge in [-0.1, -0.05) is 12.1 Å². The summed E-state index contributed by atoms with van der Waals surface area (Å²) in [5, 5.41) is 0. The molecule has 0 radical (unpaired) electrons. The van der Waals surface area contributed by atoms with E-state index in [1.54, 1.807) is 0 Å². The van der Waals surface area contributed by atoms with Gasteiger partial charge in [0.1, 0.15) is 5.75 Å². The van der Waals surface area contributed by atoms with Crippen molar-refractivity contribution in [2.75, 3.05) is 13.7 Å². The molecule has 0 amide bonds. The molecule has 6 heteroatoms. The summed E-state index contributed by atoms with van der Waals surface area (Å²) in [6.45, 7) is 10.4. The number of rotatable bonds is 1. The lowest BCUT2D eigenvalue weighted by Gasteiger charge is -2.32. The van der Waals surface area contributed by atoms with Crippen molar-refractivity contribution in [2.24, 2.45) is 0 Å². The first kappa shape index (κ1) is 17.8. The molecule has 0 aliphatic carbocycles. The Morgan fingerprint density at radius 3 is 2.26 bits per heavy atom. The Morgan fingerprint density at radius 1 is 1.17 bits per heavy atom. The zero-order valence-electron chi connectivity index (χ0n) is 14.8. The lowest BCUT2D eigenvalue weighted by molar-refractivity contribution is -0.137. The van der Waals surface area contributed by atoms with Crippen molar-refractivity contribution in [3.63, 3.8) is 0 Å². The van der Waals surface area contributed by atoms with E-state index in [-0.39, 0.29) is 24.3 Å². The SMILES string of the molecule is CC1(C)OB(c2ccc3c(c2)OCC3)OC1(C)C.COC(C)=O. The van der Waals surface area contributed by atoms with E-state index in [9.17, 15) is 4.79 Å². The molecule has 0 aromatic heterocycles. The molecule has 2 aliphatic rings. The minimum atomic E-state index is -0.301. The molecule has 0 atom stereocenters. The van der Waals surface area contributed by atoms with E-state index >= 15 is 0 Å². The third-order valence-electron chi connectivity index (χ3n) is 4.53. The maximum Gasteiger partial charge on any atom is 0.494 e. The van der Waals surface area contributed by atoms with Crippen LogP contribution < -0.4 is 10.2 Å². The average molecular weight is 320 g/mol. The van der Waals surface area contributed by atoms with Crippen LogP contribution in [0.3, 0.4) is 0 Å². The minimum absolute atomic E-state index is 0.245. The monoisotopic (exact) mass is 320 g/mol. The van der Waals surface area contributed by atoms with E-state index in [0.29, 0.717) is 0 Å². The summed E-state index contributed by atoms with van der Waals surface area (Å²) in [5.74, 6) is 0.729. The second kappa shape index (κ2) is 6.53. The second-order valence-corrected chi connectivity index (χ2v) is 6.75. The number of ether oxygens (including phenoxy) is 2. The predicted octanol–water partition coefficient (Wildman–Crippen LogP) is 2.10. The Morgan fingerprint density at radius 2 is 1.74 bits per heavy atom. The molecule has 2 heterocycles. The van der Waals surface area contributed by atoms with Crippen molar-refractivity contribution < 1.29 is 23.6 Å². The molecule has 23 heavy (non-hydrogen) atoms. The topological polar surface area (TPSA) is 54.0 Å². The van der Waals surface area contributed by atoms with Crippen molar-refractivity contribution >= 4 is 18.6 Å². The van der Waals surface area contributed by atoms with Crippen LogP contribution in [-0.2, 0) is 25.3 Å². The maximum atomic E-state index is 9.59. The van der Waals surface area contributed by atoms with E-state index in [2.05, 4.69) is 44.6 Å². The van der Waals surface area contributed by atoms with Crippen LogP contribution in [0.15, 0.2) is 18.2 Å². The zero-order valence-corrected chi connectivity index (χ0v) is 14.8. The standard InChI is InChI=1S/C14H19BO3.C3H6O2/c1-13(2)14(3,4)18-15(17-13)11-6-5-10-7-8-16-12(10)9-11;1-3(4)5-2/h5-6,9H,7-8H2,1-4H3;1-2H3. The number of methoxy groups -OCH3 is 1. The highest BCUT2D eigenvalue weighted by atomic mass is 16.7. The summed E-state index contributed by atoms with van der Waals surface area (Å²) in [6, 6.07) is 6.24. The number of fused-ring (bicyclic) bond motifs is 1. The Labute approximate surface area is 138 Å². The highest BCUT2D eigenvalue weighted by Gasteiger charge is 2.51. The van der Waals surface area contributed by atoms with E-state index in [1.807, 2.05) is 6.07 Å². The van der Waals surface area contributed by atoms with Gasteiger partial charge in [0.05, 0.1) is 24.9 Å². The number of carbonyl (C=O) groups excluding carboxylic acids is 1. The van der Waals surface area contributed by atoms with Crippen molar-refractivity contribution in [1.29, 1.82) is 0 Å². The highest BCUT2D eigenvalue weighted by Crippen LogP contribution is 2.37. The number of esters is 1. The molecule has 0 bridgehead atoms. The fourth-order valence-electron chi connectivity index (χ4n) is 2.31. The number of benzene rings is 1. The second-order valence-electron chi connectivity index (χ2n) is 6.75. The first-order chi connectivity index (χ1) is 10.7. The van der Waals surface area contributed by atoms with E-state index in [1.165, 1.54) is 19.6 Å². The quantitative estimate of drug-likeness (QED) is 0.586. The Hall–Kier alpha value is -1.53. The number of hydrogen-bond donors (Lipinski definition) is 0. The van der Waals surface area contributed by atoms with E-state index < -0.39 is 0 Å². The molecule has 1 fully saturated rings. The lowest BCUT2D eigenvalue weighted by atomic mass is 9.78. The Balaban J connectivity index is 0.000000338. The fourth-order valence-corrected chi connectivity index (χ4v) is 2.31. The van der Waals surface area contributed by atoms with E-state index in [4.69, 9.17) is 14.0 Å².